The van der Waals surface area contributed by atoms with Gasteiger partial charge in [0, 0.05) is 6.07 Å². The lowest BCUT2D eigenvalue weighted by Crippen LogP contribution is -2.23. The molecule has 0 amide bonds. The van der Waals surface area contributed by atoms with Crippen LogP contribution < -0.4 is 4.72 Å². The molecule has 0 spiro atoms. The van der Waals surface area contributed by atoms with Gasteiger partial charge in [-0.2, -0.15) is 0 Å². The number of para-hydroxylation sites is 1. The highest BCUT2D eigenvalue weighted by Gasteiger charge is 2.25. The predicted octanol–water partition coefficient (Wildman–Crippen LogP) is 3.39. The minimum atomic E-state index is -4.03. The highest BCUT2D eigenvalue weighted by atomic mass is 32.2. The average molecular weight is 364 g/mol. The van der Waals surface area contributed by atoms with Crippen molar-refractivity contribution in [1.82, 2.24) is 4.72 Å². The molecule has 2 aromatic heterocycles. The molecule has 1 aromatic carbocycles. The van der Waals surface area contributed by atoms with Crippen molar-refractivity contribution in [3.05, 3.63) is 69.8 Å². The Kier molecular flexibility index (Phi) is 4.47. The molecule has 124 valence electrons. The molecule has 3 rings (SSSR count). The van der Waals surface area contributed by atoms with E-state index in [-0.39, 0.29) is 11.4 Å². The molecular formula is C15H12N2O5S2. The summed E-state index contributed by atoms with van der Waals surface area (Å²) in [5.41, 5.74) is -0.469. The SMILES string of the molecule is O=[N+]([O-])c1ccccc1S(=O)(=O)NCc1ccc(-c2cccs2)o1. The molecule has 0 saturated carbocycles. The van der Waals surface area contributed by atoms with Gasteiger partial charge in [0.2, 0.25) is 10.0 Å². The second kappa shape index (κ2) is 6.56. The number of hydrogen-bond acceptors (Lipinski definition) is 6. The molecule has 0 atom stereocenters. The van der Waals surface area contributed by atoms with Crippen molar-refractivity contribution in [2.45, 2.75) is 11.4 Å². The summed E-state index contributed by atoms with van der Waals surface area (Å²) in [6.07, 6.45) is 0. The third kappa shape index (κ3) is 3.37. The van der Waals surface area contributed by atoms with Crippen LogP contribution in [0.3, 0.4) is 0 Å². The van der Waals surface area contributed by atoms with E-state index in [0.29, 0.717) is 11.5 Å². The standard InChI is InChI=1S/C15H12N2O5S2/c18-17(19)12-4-1-2-6-15(12)24(20,21)16-10-11-7-8-13(22-11)14-5-3-9-23-14/h1-9,16H,10H2. The van der Waals surface area contributed by atoms with Crippen molar-refractivity contribution >= 4 is 27.0 Å². The third-order valence-corrected chi connectivity index (χ3v) is 5.55. The van der Waals surface area contributed by atoms with Gasteiger partial charge in [0.25, 0.3) is 5.69 Å². The van der Waals surface area contributed by atoms with Gasteiger partial charge < -0.3 is 4.42 Å². The molecule has 3 aromatic rings. The number of benzene rings is 1. The highest BCUT2D eigenvalue weighted by molar-refractivity contribution is 7.89. The molecular weight excluding hydrogens is 352 g/mol. The van der Waals surface area contributed by atoms with Crippen LogP contribution in [-0.4, -0.2) is 13.3 Å². The highest BCUT2D eigenvalue weighted by Crippen LogP contribution is 2.27. The van der Waals surface area contributed by atoms with Gasteiger partial charge in [-0.25, -0.2) is 13.1 Å². The Bertz CT molecular complexity index is 961. The molecule has 2 heterocycles. The molecule has 0 radical (unpaired) electrons. The van der Waals surface area contributed by atoms with Gasteiger partial charge in [-0.05, 0) is 29.6 Å². The maximum absolute atomic E-state index is 12.3. The van der Waals surface area contributed by atoms with E-state index in [4.69, 9.17) is 4.42 Å². The number of sulfonamides is 1. The Morgan fingerprint density at radius 1 is 1.12 bits per heavy atom. The number of nitrogens with one attached hydrogen (secondary N) is 1. The minimum absolute atomic E-state index is 0.0975. The molecule has 24 heavy (non-hydrogen) atoms. The Morgan fingerprint density at radius 3 is 2.62 bits per heavy atom. The van der Waals surface area contributed by atoms with Crippen molar-refractivity contribution in [1.29, 1.82) is 0 Å². The van der Waals surface area contributed by atoms with E-state index in [0.717, 1.165) is 10.9 Å². The zero-order valence-corrected chi connectivity index (χ0v) is 13.8. The first-order chi connectivity index (χ1) is 11.5. The number of nitrogens with zero attached hydrogens (tertiary/aromatic N) is 1. The molecule has 0 aliphatic rings. The minimum Gasteiger partial charge on any atom is -0.459 e. The van der Waals surface area contributed by atoms with Crippen LogP contribution in [0.1, 0.15) is 5.76 Å². The van der Waals surface area contributed by atoms with Gasteiger partial charge in [0.1, 0.15) is 11.5 Å². The van der Waals surface area contributed by atoms with E-state index in [1.807, 2.05) is 17.5 Å². The van der Waals surface area contributed by atoms with Crippen molar-refractivity contribution < 1.29 is 17.8 Å². The molecule has 7 nitrogen and oxygen atoms in total. The normalized spacial score (nSPS) is 11.5. The molecule has 0 fully saturated rings. The lowest BCUT2D eigenvalue weighted by atomic mass is 10.3. The first-order valence-electron chi connectivity index (χ1n) is 6.83. The summed E-state index contributed by atoms with van der Waals surface area (Å²) in [4.78, 5) is 10.8. The smallest absolute Gasteiger partial charge is 0.289 e. The fourth-order valence-corrected chi connectivity index (χ4v) is 3.95. The molecule has 0 bridgehead atoms. The molecule has 0 aliphatic heterocycles. The number of furan rings is 1. The quantitative estimate of drug-likeness (QED) is 0.533. The molecule has 0 unspecified atom stereocenters. The van der Waals surface area contributed by atoms with Crippen LogP contribution in [0.15, 0.2) is 63.2 Å². The lowest BCUT2D eigenvalue weighted by molar-refractivity contribution is -0.387. The fraction of sp³-hybridized carbons (Fsp3) is 0.0667. The van der Waals surface area contributed by atoms with E-state index < -0.39 is 20.6 Å². The van der Waals surface area contributed by atoms with Crippen molar-refractivity contribution in [3.8, 4) is 10.6 Å². The van der Waals surface area contributed by atoms with Crippen molar-refractivity contribution in [2.24, 2.45) is 0 Å². The second-order valence-electron chi connectivity index (χ2n) is 4.79. The molecule has 0 aliphatic carbocycles. The predicted molar refractivity (Wildman–Crippen MR) is 89.1 cm³/mol. The number of thiophene rings is 1. The largest absolute Gasteiger partial charge is 0.459 e. The van der Waals surface area contributed by atoms with E-state index in [1.165, 1.54) is 29.5 Å². The Balaban J connectivity index is 1.78. The number of hydrogen-bond donors (Lipinski definition) is 1. The second-order valence-corrected chi connectivity index (χ2v) is 7.48. The zero-order chi connectivity index (χ0) is 17.2. The summed E-state index contributed by atoms with van der Waals surface area (Å²) >= 11 is 1.51. The van der Waals surface area contributed by atoms with E-state index >= 15 is 0 Å². The van der Waals surface area contributed by atoms with Gasteiger partial charge in [-0.3, -0.25) is 10.1 Å². The molecule has 1 N–H and O–H groups in total. The topological polar surface area (TPSA) is 102 Å². The van der Waals surface area contributed by atoms with Crippen LogP contribution in [0.25, 0.3) is 10.6 Å². The maximum atomic E-state index is 12.3. The maximum Gasteiger partial charge on any atom is 0.289 e. The summed E-state index contributed by atoms with van der Waals surface area (Å²) < 4.78 is 32.5. The Hall–Kier alpha value is -2.49. The van der Waals surface area contributed by atoms with Crippen LogP contribution in [0.4, 0.5) is 5.69 Å². The monoisotopic (exact) mass is 364 g/mol. The first kappa shape index (κ1) is 16.4. The van der Waals surface area contributed by atoms with E-state index in [9.17, 15) is 18.5 Å². The Morgan fingerprint density at radius 2 is 1.92 bits per heavy atom. The summed E-state index contributed by atoms with van der Waals surface area (Å²) in [7, 11) is -4.03. The third-order valence-electron chi connectivity index (χ3n) is 3.21. The fourth-order valence-electron chi connectivity index (χ4n) is 2.10. The molecule has 9 heteroatoms. The summed E-state index contributed by atoms with van der Waals surface area (Å²) in [6, 6.07) is 12.4. The van der Waals surface area contributed by atoms with Crippen LogP contribution >= 0.6 is 11.3 Å². The number of rotatable bonds is 6. The van der Waals surface area contributed by atoms with Gasteiger partial charge in [0.05, 0.1) is 16.3 Å². The van der Waals surface area contributed by atoms with Crippen LogP contribution in [-0.2, 0) is 16.6 Å². The Labute approximate surface area is 141 Å². The summed E-state index contributed by atoms with van der Waals surface area (Å²) in [6.45, 7) is -0.0975. The average Bonchev–Trinajstić information content (AvgIpc) is 3.24. The van der Waals surface area contributed by atoms with Crippen LogP contribution in [0, 0.1) is 10.1 Å². The van der Waals surface area contributed by atoms with Gasteiger partial charge in [-0.1, -0.05) is 18.2 Å². The summed E-state index contributed by atoms with van der Waals surface area (Å²) in [5, 5.41) is 12.9. The van der Waals surface area contributed by atoms with Crippen LogP contribution in [0.2, 0.25) is 0 Å². The van der Waals surface area contributed by atoms with Crippen LogP contribution in [0.5, 0.6) is 0 Å². The van der Waals surface area contributed by atoms with Gasteiger partial charge in [-0.15, -0.1) is 11.3 Å². The van der Waals surface area contributed by atoms with Crippen molar-refractivity contribution in [3.63, 3.8) is 0 Å². The summed E-state index contributed by atoms with van der Waals surface area (Å²) in [5.74, 6) is 1.06. The zero-order valence-electron chi connectivity index (χ0n) is 12.2. The van der Waals surface area contributed by atoms with E-state index in [2.05, 4.69) is 4.72 Å². The van der Waals surface area contributed by atoms with Gasteiger partial charge in [0.15, 0.2) is 4.90 Å². The van der Waals surface area contributed by atoms with Gasteiger partial charge >= 0.3 is 0 Å². The first-order valence-corrected chi connectivity index (χ1v) is 9.19. The van der Waals surface area contributed by atoms with E-state index in [1.54, 1.807) is 12.1 Å². The number of nitro groups is 1. The lowest BCUT2D eigenvalue weighted by Gasteiger charge is -2.05. The van der Waals surface area contributed by atoms with Crippen molar-refractivity contribution in [2.75, 3.05) is 0 Å². The number of nitro benzene ring substituents is 1. The molecule has 0 saturated heterocycles.